The number of nitrogens with zero attached hydrogens (tertiary/aromatic N) is 3. The zero-order valence-electron chi connectivity index (χ0n) is 10.4. The maximum Gasteiger partial charge on any atom is 0.232 e. The van der Waals surface area contributed by atoms with E-state index in [1.54, 1.807) is 13.3 Å². The zero-order chi connectivity index (χ0) is 12.5. The van der Waals surface area contributed by atoms with Gasteiger partial charge >= 0.3 is 0 Å². The summed E-state index contributed by atoms with van der Waals surface area (Å²) in [5, 5.41) is 3.45. The molecule has 1 aromatic rings. The third-order valence-electron chi connectivity index (χ3n) is 3.88. The highest BCUT2D eigenvalue weighted by Crippen LogP contribution is 2.30. The first kappa shape index (κ1) is 12.2. The molecule has 3 aliphatic rings. The summed E-state index contributed by atoms with van der Waals surface area (Å²) in [6, 6.07) is 0.471. The van der Waals surface area contributed by atoms with E-state index in [1.807, 2.05) is 0 Å². The Morgan fingerprint density at radius 2 is 2.22 bits per heavy atom. The van der Waals surface area contributed by atoms with Crippen LogP contribution in [0.25, 0.3) is 0 Å². The highest BCUT2D eigenvalue weighted by atomic mass is 79.9. The second-order valence-corrected chi connectivity index (χ2v) is 5.79. The highest BCUT2D eigenvalue weighted by Gasteiger charge is 2.34. The number of hydrogen-bond donors (Lipinski definition) is 1. The predicted molar refractivity (Wildman–Crippen MR) is 72.9 cm³/mol. The van der Waals surface area contributed by atoms with Gasteiger partial charge in [0.15, 0.2) is 0 Å². The van der Waals surface area contributed by atoms with Gasteiger partial charge in [0.05, 0.1) is 17.8 Å². The van der Waals surface area contributed by atoms with E-state index in [4.69, 9.17) is 4.74 Å². The molecule has 3 aliphatic heterocycles. The first-order valence-corrected chi connectivity index (χ1v) is 7.11. The van der Waals surface area contributed by atoms with Gasteiger partial charge in [-0.2, -0.15) is 4.98 Å². The van der Waals surface area contributed by atoms with E-state index in [1.165, 1.54) is 25.9 Å². The molecule has 0 amide bonds. The molecule has 18 heavy (non-hydrogen) atoms. The number of fused-ring (bicyclic) bond motifs is 3. The molecule has 0 saturated carbocycles. The third kappa shape index (κ3) is 2.31. The van der Waals surface area contributed by atoms with E-state index in [9.17, 15) is 0 Å². The number of halogens is 1. The van der Waals surface area contributed by atoms with E-state index < -0.39 is 0 Å². The molecule has 98 valence electrons. The van der Waals surface area contributed by atoms with E-state index in [2.05, 4.69) is 36.1 Å². The Morgan fingerprint density at radius 1 is 1.44 bits per heavy atom. The van der Waals surface area contributed by atoms with Crippen molar-refractivity contribution >= 4 is 21.9 Å². The molecule has 1 N–H and O–H groups in total. The lowest BCUT2D eigenvalue weighted by Gasteiger charge is -2.44. The fraction of sp³-hybridized carbons (Fsp3) is 0.667. The van der Waals surface area contributed by atoms with Crippen molar-refractivity contribution < 1.29 is 4.74 Å². The van der Waals surface area contributed by atoms with Gasteiger partial charge < -0.3 is 15.0 Å². The Morgan fingerprint density at radius 3 is 2.83 bits per heavy atom. The molecule has 0 radical (unpaired) electrons. The van der Waals surface area contributed by atoms with Crippen molar-refractivity contribution in [3.05, 3.63) is 10.7 Å². The minimum Gasteiger partial charge on any atom is -0.480 e. The van der Waals surface area contributed by atoms with Crippen molar-refractivity contribution in [1.29, 1.82) is 0 Å². The molecule has 3 fully saturated rings. The molecule has 0 aliphatic carbocycles. The molecule has 0 aromatic carbocycles. The Labute approximate surface area is 115 Å². The minimum absolute atomic E-state index is 0.471. The molecule has 6 heteroatoms. The Kier molecular flexibility index (Phi) is 3.39. The molecule has 4 heterocycles. The van der Waals surface area contributed by atoms with Gasteiger partial charge in [-0.15, -0.1) is 0 Å². The Hall–Kier alpha value is -0.880. The van der Waals surface area contributed by atoms with E-state index in [0.29, 0.717) is 17.9 Å². The standard InChI is InChI=1S/C12H17BrN4O/c1-18-11-9(13)6-14-12(16-11)15-10-7-17-4-2-8(10)3-5-17/h6,8,10H,2-5,7H2,1H3,(H,14,15,16). The third-order valence-corrected chi connectivity index (χ3v) is 4.42. The van der Waals surface area contributed by atoms with Crippen molar-refractivity contribution in [3.63, 3.8) is 0 Å². The van der Waals surface area contributed by atoms with Gasteiger partial charge in [0.25, 0.3) is 0 Å². The van der Waals surface area contributed by atoms with Crippen LogP contribution in [-0.4, -0.2) is 47.7 Å². The quantitative estimate of drug-likeness (QED) is 0.921. The van der Waals surface area contributed by atoms with Crippen LogP contribution in [-0.2, 0) is 0 Å². The summed E-state index contributed by atoms with van der Waals surface area (Å²) in [6.45, 7) is 3.59. The van der Waals surface area contributed by atoms with E-state index in [0.717, 1.165) is 16.9 Å². The van der Waals surface area contributed by atoms with Crippen LogP contribution < -0.4 is 10.1 Å². The Balaban J connectivity index is 1.72. The van der Waals surface area contributed by atoms with Crippen LogP contribution in [0.4, 0.5) is 5.95 Å². The van der Waals surface area contributed by atoms with Crippen molar-refractivity contribution in [1.82, 2.24) is 14.9 Å². The molecule has 3 saturated heterocycles. The van der Waals surface area contributed by atoms with Gasteiger partial charge in [0.1, 0.15) is 0 Å². The summed E-state index contributed by atoms with van der Waals surface area (Å²) < 4.78 is 5.97. The fourth-order valence-corrected chi connectivity index (χ4v) is 3.21. The summed E-state index contributed by atoms with van der Waals surface area (Å²) in [5.74, 6) is 2.00. The van der Waals surface area contributed by atoms with Gasteiger partial charge in [-0.1, -0.05) is 0 Å². The fourth-order valence-electron chi connectivity index (χ4n) is 2.86. The first-order valence-electron chi connectivity index (χ1n) is 6.31. The Bertz CT molecular complexity index is 434. The number of rotatable bonds is 3. The van der Waals surface area contributed by atoms with Crippen LogP contribution in [0.1, 0.15) is 12.8 Å². The van der Waals surface area contributed by atoms with Gasteiger partial charge in [0.2, 0.25) is 11.8 Å². The topological polar surface area (TPSA) is 50.3 Å². The van der Waals surface area contributed by atoms with Crippen LogP contribution >= 0.6 is 15.9 Å². The number of ether oxygens (including phenoxy) is 1. The highest BCUT2D eigenvalue weighted by molar-refractivity contribution is 9.10. The van der Waals surface area contributed by atoms with Gasteiger partial charge in [-0.05, 0) is 47.8 Å². The lowest BCUT2D eigenvalue weighted by Crippen LogP contribution is -2.53. The van der Waals surface area contributed by atoms with Crippen LogP contribution in [0, 0.1) is 5.92 Å². The van der Waals surface area contributed by atoms with Gasteiger partial charge in [-0.3, -0.25) is 0 Å². The van der Waals surface area contributed by atoms with Crippen molar-refractivity contribution in [2.24, 2.45) is 5.92 Å². The molecular weight excluding hydrogens is 296 g/mol. The van der Waals surface area contributed by atoms with Crippen molar-refractivity contribution in [3.8, 4) is 5.88 Å². The summed E-state index contributed by atoms with van der Waals surface area (Å²) in [4.78, 5) is 11.2. The van der Waals surface area contributed by atoms with Gasteiger partial charge in [-0.25, -0.2) is 4.98 Å². The van der Waals surface area contributed by atoms with E-state index >= 15 is 0 Å². The van der Waals surface area contributed by atoms with Crippen molar-refractivity contribution in [2.75, 3.05) is 32.1 Å². The van der Waals surface area contributed by atoms with E-state index in [-0.39, 0.29) is 0 Å². The summed E-state index contributed by atoms with van der Waals surface area (Å²) in [5.41, 5.74) is 0. The number of piperidine rings is 3. The molecule has 4 rings (SSSR count). The van der Waals surface area contributed by atoms with Crippen molar-refractivity contribution in [2.45, 2.75) is 18.9 Å². The smallest absolute Gasteiger partial charge is 0.232 e. The SMILES string of the molecule is COc1nc(NC2CN3CCC2CC3)ncc1Br. The zero-order valence-corrected chi connectivity index (χ0v) is 12.0. The molecule has 5 nitrogen and oxygen atoms in total. The summed E-state index contributed by atoms with van der Waals surface area (Å²) in [6.07, 6.45) is 4.30. The predicted octanol–water partition coefficient (Wildman–Crippen LogP) is 1.75. The number of anilines is 1. The molecule has 0 spiro atoms. The number of aromatic nitrogens is 2. The molecular formula is C12H17BrN4O. The maximum atomic E-state index is 5.19. The first-order chi connectivity index (χ1) is 8.76. The molecule has 1 atom stereocenters. The lowest BCUT2D eigenvalue weighted by molar-refractivity contribution is 0.0972. The summed E-state index contributed by atoms with van der Waals surface area (Å²) >= 11 is 3.36. The lowest BCUT2D eigenvalue weighted by atomic mass is 9.84. The maximum absolute atomic E-state index is 5.19. The van der Waals surface area contributed by atoms with Crippen LogP contribution in [0.3, 0.4) is 0 Å². The minimum atomic E-state index is 0.471. The number of hydrogen-bond acceptors (Lipinski definition) is 5. The number of methoxy groups -OCH3 is 1. The average molecular weight is 313 g/mol. The van der Waals surface area contributed by atoms with Gasteiger partial charge in [0, 0.05) is 12.6 Å². The van der Waals surface area contributed by atoms with Crippen LogP contribution in [0.5, 0.6) is 5.88 Å². The number of nitrogens with one attached hydrogen (secondary N) is 1. The van der Waals surface area contributed by atoms with Crippen LogP contribution in [0.2, 0.25) is 0 Å². The largest absolute Gasteiger partial charge is 0.480 e. The second-order valence-electron chi connectivity index (χ2n) is 4.94. The second kappa shape index (κ2) is 5.01. The normalized spacial score (nSPS) is 30.2. The molecule has 1 unspecified atom stereocenters. The molecule has 1 aromatic heterocycles. The molecule has 2 bridgehead atoms. The monoisotopic (exact) mass is 312 g/mol. The summed E-state index contributed by atoms with van der Waals surface area (Å²) in [7, 11) is 1.62. The van der Waals surface area contributed by atoms with Crippen LogP contribution in [0.15, 0.2) is 10.7 Å². The average Bonchev–Trinajstić information content (AvgIpc) is 2.42.